The van der Waals surface area contributed by atoms with E-state index in [2.05, 4.69) is 5.32 Å². The van der Waals surface area contributed by atoms with Gasteiger partial charge in [-0.3, -0.25) is 19.7 Å². The van der Waals surface area contributed by atoms with Gasteiger partial charge in [-0.2, -0.15) is 0 Å². The summed E-state index contributed by atoms with van der Waals surface area (Å²) in [7, 11) is 0. The lowest BCUT2D eigenvalue weighted by molar-refractivity contribution is -0.386. The van der Waals surface area contributed by atoms with E-state index in [-0.39, 0.29) is 46.0 Å². The first-order valence-electron chi connectivity index (χ1n) is 13.3. The highest BCUT2D eigenvalue weighted by atomic mass is 16.6. The summed E-state index contributed by atoms with van der Waals surface area (Å²) in [6, 6.07) is 10.7. The number of nitrogens with zero attached hydrogens (tertiary/aromatic N) is 1. The number of nitrogens with one attached hydrogen (secondary N) is 1. The number of carboxylic acid groups (broad SMARTS) is 1. The Labute approximate surface area is 232 Å². The van der Waals surface area contributed by atoms with Crippen LogP contribution in [-0.4, -0.2) is 27.6 Å². The van der Waals surface area contributed by atoms with E-state index in [0.717, 1.165) is 11.4 Å². The van der Waals surface area contributed by atoms with E-state index >= 15 is 0 Å². The molecule has 0 radical (unpaired) electrons. The standard InChI is InChI=1S/C31H32N2O7/c1-30(2)12-20-27(23(34)14-30)26(28-21(32-20)13-31(3,4)15-24(28)35)19-9-10-25(22(11-19)33(38)39)40-16-17-5-7-18(8-6-17)29(36)37/h5-11,26,32H,12-16H2,1-4H3,(H,36,37). The number of allylic oxidation sites excluding steroid dienone is 4. The van der Waals surface area contributed by atoms with E-state index < -0.39 is 16.8 Å². The molecular formula is C31H32N2O7. The second-order valence-corrected chi connectivity index (χ2v) is 12.5. The van der Waals surface area contributed by atoms with Crippen molar-refractivity contribution in [1.29, 1.82) is 0 Å². The smallest absolute Gasteiger partial charge is 0.335 e. The molecule has 0 saturated carbocycles. The molecule has 2 N–H and O–H groups in total. The predicted octanol–water partition coefficient (Wildman–Crippen LogP) is 5.85. The maximum atomic E-state index is 13.5. The van der Waals surface area contributed by atoms with Crippen molar-refractivity contribution in [3.63, 3.8) is 0 Å². The lowest BCUT2D eigenvalue weighted by Crippen LogP contribution is -2.42. The van der Waals surface area contributed by atoms with Gasteiger partial charge in [0.15, 0.2) is 17.3 Å². The Hall–Kier alpha value is -4.27. The Morgan fingerprint density at radius 3 is 2.00 bits per heavy atom. The number of ether oxygens (including phenoxy) is 1. The van der Waals surface area contributed by atoms with Gasteiger partial charge >= 0.3 is 11.7 Å². The van der Waals surface area contributed by atoms with Gasteiger partial charge in [0.2, 0.25) is 0 Å². The van der Waals surface area contributed by atoms with Crippen LogP contribution >= 0.6 is 0 Å². The summed E-state index contributed by atoms with van der Waals surface area (Å²) in [5.74, 6) is -1.80. The van der Waals surface area contributed by atoms with Gasteiger partial charge in [-0.05, 0) is 53.0 Å². The average molecular weight is 545 g/mol. The number of rotatable bonds is 6. The van der Waals surface area contributed by atoms with Crippen LogP contribution < -0.4 is 10.1 Å². The third-order valence-electron chi connectivity index (χ3n) is 7.83. The zero-order valence-corrected chi connectivity index (χ0v) is 23.0. The van der Waals surface area contributed by atoms with Gasteiger partial charge < -0.3 is 15.2 Å². The lowest BCUT2D eigenvalue weighted by Gasteiger charge is -2.43. The van der Waals surface area contributed by atoms with Crippen LogP contribution in [0.25, 0.3) is 0 Å². The summed E-state index contributed by atoms with van der Waals surface area (Å²) in [5.41, 5.74) is 3.16. The molecule has 0 atom stereocenters. The van der Waals surface area contributed by atoms with Gasteiger partial charge in [0, 0.05) is 47.4 Å². The second kappa shape index (κ2) is 9.73. The third kappa shape index (κ3) is 5.15. The topological polar surface area (TPSA) is 136 Å². The zero-order chi connectivity index (χ0) is 29.0. The predicted molar refractivity (Wildman–Crippen MR) is 147 cm³/mol. The molecule has 0 amide bonds. The van der Waals surface area contributed by atoms with Gasteiger partial charge in [-0.15, -0.1) is 0 Å². The number of carboxylic acids is 1. The molecule has 0 bridgehead atoms. The number of nitro benzene ring substituents is 1. The zero-order valence-electron chi connectivity index (χ0n) is 23.0. The number of Topliss-reactive ketones (excluding diaryl/α,β-unsaturated/α-hetero) is 2. The largest absolute Gasteiger partial charge is 0.482 e. The van der Waals surface area contributed by atoms with Crippen molar-refractivity contribution in [3.8, 4) is 5.75 Å². The molecule has 2 aromatic rings. The Morgan fingerprint density at radius 1 is 0.950 bits per heavy atom. The van der Waals surface area contributed by atoms with E-state index in [1.54, 1.807) is 18.2 Å². The maximum Gasteiger partial charge on any atom is 0.335 e. The number of carbonyl (C=O) groups excluding carboxylic acids is 2. The second-order valence-electron chi connectivity index (χ2n) is 12.5. The Morgan fingerprint density at radius 2 is 1.50 bits per heavy atom. The number of dihydropyridines is 1. The molecule has 0 spiro atoms. The maximum absolute atomic E-state index is 13.5. The highest BCUT2D eigenvalue weighted by molar-refractivity contribution is 6.06. The van der Waals surface area contributed by atoms with Gasteiger partial charge in [-0.1, -0.05) is 45.9 Å². The monoisotopic (exact) mass is 544 g/mol. The van der Waals surface area contributed by atoms with Crippen molar-refractivity contribution < 1.29 is 29.2 Å². The van der Waals surface area contributed by atoms with Crippen molar-refractivity contribution in [1.82, 2.24) is 5.32 Å². The van der Waals surface area contributed by atoms with Crippen LogP contribution in [-0.2, 0) is 16.2 Å². The summed E-state index contributed by atoms with van der Waals surface area (Å²) >= 11 is 0. The Bertz CT molecular complexity index is 1460. The normalized spacial score (nSPS) is 20.0. The minimum absolute atomic E-state index is 0.000820. The summed E-state index contributed by atoms with van der Waals surface area (Å²) < 4.78 is 5.78. The molecule has 5 rings (SSSR count). The molecule has 208 valence electrons. The average Bonchev–Trinajstić information content (AvgIpc) is 2.84. The van der Waals surface area contributed by atoms with E-state index in [9.17, 15) is 24.5 Å². The minimum atomic E-state index is -1.05. The molecule has 1 heterocycles. The van der Waals surface area contributed by atoms with Crippen LogP contribution in [0.1, 0.15) is 80.8 Å². The van der Waals surface area contributed by atoms with Crippen LogP contribution in [0.15, 0.2) is 65.0 Å². The number of aromatic carboxylic acids is 1. The van der Waals surface area contributed by atoms with E-state index in [1.807, 2.05) is 27.7 Å². The number of nitro groups is 1. The van der Waals surface area contributed by atoms with Gasteiger partial charge in [0.05, 0.1) is 10.5 Å². The molecule has 0 fully saturated rings. The van der Waals surface area contributed by atoms with E-state index in [1.165, 1.54) is 24.3 Å². The van der Waals surface area contributed by atoms with E-state index in [4.69, 9.17) is 9.84 Å². The molecule has 9 nitrogen and oxygen atoms in total. The summed E-state index contributed by atoms with van der Waals surface area (Å²) in [6.45, 7) is 8.16. The lowest BCUT2D eigenvalue weighted by atomic mass is 9.64. The fourth-order valence-electron chi connectivity index (χ4n) is 6.11. The molecular weight excluding hydrogens is 512 g/mol. The third-order valence-corrected chi connectivity index (χ3v) is 7.83. The quantitative estimate of drug-likeness (QED) is 0.342. The van der Waals surface area contributed by atoms with Crippen LogP contribution in [0.2, 0.25) is 0 Å². The van der Waals surface area contributed by atoms with Crippen LogP contribution in [0.4, 0.5) is 5.69 Å². The summed E-state index contributed by atoms with van der Waals surface area (Å²) in [6.07, 6.45) is 1.94. The number of hydrogen-bond acceptors (Lipinski definition) is 7. The van der Waals surface area contributed by atoms with E-state index in [0.29, 0.717) is 48.0 Å². The highest BCUT2D eigenvalue weighted by Crippen LogP contribution is 2.51. The fourth-order valence-corrected chi connectivity index (χ4v) is 6.11. The molecule has 0 saturated heterocycles. The van der Waals surface area contributed by atoms with Crippen LogP contribution in [0, 0.1) is 20.9 Å². The molecule has 9 heteroatoms. The summed E-state index contributed by atoms with van der Waals surface area (Å²) in [4.78, 5) is 49.7. The number of ketones is 2. The van der Waals surface area contributed by atoms with Crippen molar-refractivity contribution in [3.05, 3.63) is 91.8 Å². The van der Waals surface area contributed by atoms with Crippen molar-refractivity contribution in [2.75, 3.05) is 0 Å². The number of carbonyl (C=O) groups is 3. The molecule has 3 aliphatic rings. The van der Waals surface area contributed by atoms with Crippen LogP contribution in [0.3, 0.4) is 0 Å². The molecule has 0 aromatic heterocycles. The SMILES string of the molecule is CC1(C)CC(=O)C2=C(C1)NC1=C(C(=O)CC(C)(C)C1)C2c1ccc(OCc2ccc(C(=O)O)cc2)c([N+](=O)[O-])c1. The van der Waals surface area contributed by atoms with Gasteiger partial charge in [0.25, 0.3) is 0 Å². The molecule has 0 unspecified atom stereocenters. The number of hydrogen-bond donors (Lipinski definition) is 2. The first-order chi connectivity index (χ1) is 18.7. The Balaban J connectivity index is 1.54. The first-order valence-corrected chi connectivity index (χ1v) is 13.3. The molecule has 40 heavy (non-hydrogen) atoms. The van der Waals surface area contributed by atoms with Crippen molar-refractivity contribution in [2.24, 2.45) is 10.8 Å². The van der Waals surface area contributed by atoms with Crippen LogP contribution in [0.5, 0.6) is 5.75 Å². The molecule has 1 aliphatic heterocycles. The first kappa shape index (κ1) is 27.3. The van der Waals surface area contributed by atoms with Crippen molar-refractivity contribution in [2.45, 2.75) is 65.9 Å². The Kier molecular flexibility index (Phi) is 6.64. The highest BCUT2D eigenvalue weighted by Gasteiger charge is 2.46. The molecule has 2 aliphatic carbocycles. The summed E-state index contributed by atoms with van der Waals surface area (Å²) in [5, 5.41) is 24.7. The molecule has 2 aromatic carbocycles. The number of benzene rings is 2. The van der Waals surface area contributed by atoms with Crippen molar-refractivity contribution >= 4 is 23.2 Å². The van der Waals surface area contributed by atoms with Gasteiger partial charge in [0.1, 0.15) is 6.61 Å². The van der Waals surface area contributed by atoms with Gasteiger partial charge in [-0.25, -0.2) is 4.79 Å². The fraction of sp³-hybridized carbons (Fsp3) is 0.387. The minimum Gasteiger partial charge on any atom is -0.482 e.